The minimum atomic E-state index is -0.0161. The lowest BCUT2D eigenvalue weighted by molar-refractivity contribution is -0.126. The van der Waals surface area contributed by atoms with Crippen LogP contribution in [0, 0.1) is 11.3 Å². The Morgan fingerprint density at radius 3 is 2.40 bits per heavy atom. The smallest absolute Gasteiger partial charge is 0.223 e. The highest BCUT2D eigenvalue weighted by Crippen LogP contribution is 2.34. The summed E-state index contributed by atoms with van der Waals surface area (Å²) in [6.45, 7) is 6.47. The molecule has 3 nitrogen and oxygen atoms in total. The molecule has 1 saturated carbocycles. The number of carbonyl (C=O) groups is 1. The van der Waals surface area contributed by atoms with Crippen LogP contribution in [0.1, 0.15) is 51.6 Å². The van der Waals surface area contributed by atoms with E-state index in [0.29, 0.717) is 0 Å². The molecular weight excluding hydrogens is 248 g/mol. The Bertz CT molecular complexity index is 450. The van der Waals surface area contributed by atoms with Gasteiger partial charge in [-0.15, -0.1) is 0 Å². The van der Waals surface area contributed by atoms with Gasteiger partial charge >= 0.3 is 0 Å². The zero-order valence-corrected chi connectivity index (χ0v) is 12.7. The van der Waals surface area contributed by atoms with Crippen LogP contribution in [-0.4, -0.2) is 11.9 Å². The highest BCUT2D eigenvalue weighted by atomic mass is 16.2. The summed E-state index contributed by atoms with van der Waals surface area (Å²) < 4.78 is 0. The highest BCUT2D eigenvalue weighted by Gasteiger charge is 2.33. The SMILES string of the molecule is CC(C)(C)C(NC(=O)C1CCC(N)C1)c1ccccc1. The molecular formula is C17H26N2O. The topological polar surface area (TPSA) is 55.1 Å². The van der Waals surface area contributed by atoms with Gasteiger partial charge < -0.3 is 11.1 Å². The lowest BCUT2D eigenvalue weighted by Crippen LogP contribution is -2.39. The van der Waals surface area contributed by atoms with Crippen LogP contribution in [0.2, 0.25) is 0 Å². The van der Waals surface area contributed by atoms with Crippen LogP contribution >= 0.6 is 0 Å². The predicted octanol–water partition coefficient (Wildman–Crippen LogP) is 3.02. The molecule has 1 aliphatic rings. The van der Waals surface area contributed by atoms with Crippen molar-refractivity contribution in [3.8, 4) is 0 Å². The number of benzene rings is 1. The molecule has 0 bridgehead atoms. The molecule has 2 rings (SSSR count). The maximum absolute atomic E-state index is 12.5. The van der Waals surface area contributed by atoms with Crippen molar-refractivity contribution in [2.75, 3.05) is 0 Å². The van der Waals surface area contributed by atoms with Crippen molar-refractivity contribution in [1.82, 2.24) is 5.32 Å². The zero-order valence-electron chi connectivity index (χ0n) is 12.7. The van der Waals surface area contributed by atoms with Crippen LogP contribution in [0.5, 0.6) is 0 Å². The quantitative estimate of drug-likeness (QED) is 0.890. The molecule has 0 heterocycles. The van der Waals surface area contributed by atoms with E-state index in [-0.39, 0.29) is 29.3 Å². The third kappa shape index (κ3) is 3.60. The van der Waals surface area contributed by atoms with Gasteiger partial charge in [-0.1, -0.05) is 51.1 Å². The van der Waals surface area contributed by atoms with Crippen molar-refractivity contribution < 1.29 is 4.79 Å². The van der Waals surface area contributed by atoms with Gasteiger partial charge in [-0.05, 0) is 30.2 Å². The third-order valence-electron chi connectivity index (χ3n) is 4.13. The van der Waals surface area contributed by atoms with Gasteiger partial charge in [0.2, 0.25) is 5.91 Å². The molecule has 0 saturated heterocycles. The molecule has 1 amide bonds. The van der Waals surface area contributed by atoms with E-state index in [9.17, 15) is 4.79 Å². The molecule has 1 aromatic carbocycles. The van der Waals surface area contributed by atoms with Crippen LogP contribution in [-0.2, 0) is 4.79 Å². The van der Waals surface area contributed by atoms with Gasteiger partial charge in [0.1, 0.15) is 0 Å². The molecule has 3 unspecified atom stereocenters. The molecule has 1 aliphatic carbocycles. The molecule has 0 aliphatic heterocycles. The van der Waals surface area contributed by atoms with Crippen molar-refractivity contribution in [3.63, 3.8) is 0 Å². The van der Waals surface area contributed by atoms with Crippen LogP contribution < -0.4 is 11.1 Å². The molecule has 3 heteroatoms. The van der Waals surface area contributed by atoms with Crippen LogP contribution in [0.4, 0.5) is 0 Å². The maximum Gasteiger partial charge on any atom is 0.223 e. The lowest BCUT2D eigenvalue weighted by Gasteiger charge is -2.33. The predicted molar refractivity (Wildman–Crippen MR) is 82.1 cm³/mol. The van der Waals surface area contributed by atoms with Crippen LogP contribution in [0.25, 0.3) is 0 Å². The van der Waals surface area contributed by atoms with Crippen LogP contribution in [0.15, 0.2) is 30.3 Å². The summed E-state index contributed by atoms with van der Waals surface area (Å²) in [6, 6.07) is 10.4. The fraction of sp³-hybridized carbons (Fsp3) is 0.588. The largest absolute Gasteiger partial charge is 0.349 e. The average molecular weight is 274 g/mol. The van der Waals surface area contributed by atoms with E-state index in [2.05, 4.69) is 38.2 Å². The first-order valence-corrected chi connectivity index (χ1v) is 7.49. The van der Waals surface area contributed by atoms with Gasteiger partial charge in [0, 0.05) is 12.0 Å². The Hall–Kier alpha value is -1.35. The normalized spacial score (nSPS) is 24.4. The van der Waals surface area contributed by atoms with E-state index in [1.54, 1.807) is 0 Å². The molecule has 0 aromatic heterocycles. The number of nitrogens with one attached hydrogen (secondary N) is 1. The van der Waals surface area contributed by atoms with E-state index in [4.69, 9.17) is 5.73 Å². The molecule has 1 fully saturated rings. The fourth-order valence-corrected chi connectivity index (χ4v) is 2.96. The van der Waals surface area contributed by atoms with Gasteiger partial charge in [0.05, 0.1) is 6.04 Å². The standard InChI is InChI=1S/C17H26N2O/c1-17(2,3)15(12-7-5-4-6-8-12)19-16(20)13-9-10-14(18)11-13/h4-8,13-15H,9-11,18H2,1-3H3,(H,19,20). The highest BCUT2D eigenvalue weighted by molar-refractivity contribution is 5.79. The van der Waals surface area contributed by atoms with Crippen molar-refractivity contribution in [2.45, 2.75) is 52.1 Å². The number of rotatable bonds is 3. The molecule has 20 heavy (non-hydrogen) atoms. The first kappa shape index (κ1) is 15.0. The zero-order chi connectivity index (χ0) is 14.8. The molecule has 0 spiro atoms. The van der Waals surface area contributed by atoms with Gasteiger partial charge in [-0.25, -0.2) is 0 Å². The van der Waals surface area contributed by atoms with Crippen molar-refractivity contribution >= 4 is 5.91 Å². The van der Waals surface area contributed by atoms with Gasteiger partial charge in [0.25, 0.3) is 0 Å². The average Bonchev–Trinajstić information content (AvgIpc) is 2.82. The Kier molecular flexibility index (Phi) is 4.48. The monoisotopic (exact) mass is 274 g/mol. The maximum atomic E-state index is 12.5. The lowest BCUT2D eigenvalue weighted by atomic mass is 9.82. The van der Waals surface area contributed by atoms with E-state index in [1.165, 1.54) is 0 Å². The number of carbonyl (C=O) groups excluding carboxylic acids is 1. The van der Waals surface area contributed by atoms with Gasteiger partial charge in [0.15, 0.2) is 0 Å². The van der Waals surface area contributed by atoms with E-state index < -0.39 is 0 Å². The molecule has 0 radical (unpaired) electrons. The third-order valence-corrected chi connectivity index (χ3v) is 4.13. The second-order valence-corrected chi connectivity index (χ2v) is 6.99. The summed E-state index contributed by atoms with van der Waals surface area (Å²) in [5.41, 5.74) is 7.06. The first-order chi connectivity index (χ1) is 9.38. The second kappa shape index (κ2) is 5.96. The van der Waals surface area contributed by atoms with E-state index in [1.807, 2.05) is 18.2 Å². The molecule has 3 atom stereocenters. The number of hydrogen-bond acceptors (Lipinski definition) is 2. The first-order valence-electron chi connectivity index (χ1n) is 7.49. The van der Waals surface area contributed by atoms with Gasteiger partial charge in [-0.2, -0.15) is 0 Å². The fourth-order valence-electron chi connectivity index (χ4n) is 2.96. The summed E-state index contributed by atoms with van der Waals surface area (Å²) in [7, 11) is 0. The van der Waals surface area contributed by atoms with Crippen molar-refractivity contribution in [3.05, 3.63) is 35.9 Å². The minimum Gasteiger partial charge on any atom is -0.349 e. The van der Waals surface area contributed by atoms with Gasteiger partial charge in [-0.3, -0.25) is 4.79 Å². The van der Waals surface area contributed by atoms with E-state index >= 15 is 0 Å². The van der Waals surface area contributed by atoms with E-state index in [0.717, 1.165) is 24.8 Å². The summed E-state index contributed by atoms with van der Waals surface area (Å²) >= 11 is 0. The summed E-state index contributed by atoms with van der Waals surface area (Å²) in [5, 5.41) is 3.24. The summed E-state index contributed by atoms with van der Waals surface area (Å²) in [4.78, 5) is 12.5. The number of nitrogens with two attached hydrogens (primary N) is 1. The van der Waals surface area contributed by atoms with Crippen LogP contribution in [0.3, 0.4) is 0 Å². The van der Waals surface area contributed by atoms with Crippen molar-refractivity contribution in [2.24, 2.45) is 17.1 Å². The number of amides is 1. The van der Waals surface area contributed by atoms with Crippen molar-refractivity contribution in [1.29, 1.82) is 0 Å². The number of hydrogen-bond donors (Lipinski definition) is 2. The minimum absolute atomic E-state index is 0.0161. The molecule has 110 valence electrons. The second-order valence-electron chi connectivity index (χ2n) is 6.99. The Balaban J connectivity index is 2.11. The Labute approximate surface area is 121 Å². The Morgan fingerprint density at radius 2 is 1.90 bits per heavy atom. The summed E-state index contributed by atoms with van der Waals surface area (Å²) in [5.74, 6) is 0.236. The Morgan fingerprint density at radius 1 is 1.25 bits per heavy atom. The molecule has 3 N–H and O–H groups in total. The summed E-state index contributed by atoms with van der Waals surface area (Å²) in [6.07, 6.45) is 2.69. The molecule has 1 aromatic rings.